The number of para-hydroxylation sites is 1. The molecule has 2 fully saturated rings. The van der Waals surface area contributed by atoms with Crippen molar-refractivity contribution in [2.45, 2.75) is 12.8 Å². The van der Waals surface area contributed by atoms with Crippen molar-refractivity contribution in [2.24, 2.45) is 4.99 Å². The van der Waals surface area contributed by atoms with Gasteiger partial charge in [0.05, 0.1) is 18.9 Å². The summed E-state index contributed by atoms with van der Waals surface area (Å²) in [6.45, 7) is 5.81. The SMILES string of the molecule is c1ccc(N=C(SN2CCCC2)N2CCOCC2)cc1. The van der Waals surface area contributed by atoms with Crippen molar-refractivity contribution >= 4 is 22.8 Å². The van der Waals surface area contributed by atoms with E-state index in [1.54, 1.807) is 0 Å². The first kappa shape index (κ1) is 13.9. The highest BCUT2D eigenvalue weighted by atomic mass is 32.2. The van der Waals surface area contributed by atoms with E-state index in [2.05, 4.69) is 21.3 Å². The average molecular weight is 291 g/mol. The highest BCUT2D eigenvalue weighted by Crippen LogP contribution is 2.24. The molecule has 1 aromatic carbocycles. The maximum absolute atomic E-state index is 5.45. The maximum Gasteiger partial charge on any atom is 0.180 e. The molecule has 0 amide bonds. The van der Waals surface area contributed by atoms with Gasteiger partial charge in [-0.1, -0.05) is 18.2 Å². The number of amidine groups is 1. The van der Waals surface area contributed by atoms with E-state index in [0.717, 1.165) is 37.2 Å². The Labute approximate surface area is 124 Å². The van der Waals surface area contributed by atoms with Gasteiger partial charge >= 0.3 is 0 Å². The van der Waals surface area contributed by atoms with Crippen LogP contribution in [-0.2, 0) is 4.74 Å². The molecule has 108 valence electrons. The van der Waals surface area contributed by atoms with Crippen LogP contribution in [-0.4, -0.2) is 53.8 Å². The van der Waals surface area contributed by atoms with Crippen LogP contribution >= 0.6 is 11.9 Å². The van der Waals surface area contributed by atoms with Gasteiger partial charge in [-0.2, -0.15) is 0 Å². The lowest BCUT2D eigenvalue weighted by Gasteiger charge is -2.30. The standard InChI is InChI=1S/C15H21N3OS/c1-2-6-14(7-3-1)16-15(17-10-12-19-13-11-17)20-18-8-4-5-9-18/h1-3,6-7H,4-5,8-13H2. The molecule has 0 unspecified atom stereocenters. The Kier molecular flexibility index (Phi) is 4.95. The smallest absolute Gasteiger partial charge is 0.180 e. The van der Waals surface area contributed by atoms with Crippen LogP contribution in [0.1, 0.15) is 12.8 Å². The number of hydrogen-bond donors (Lipinski definition) is 0. The fraction of sp³-hybridized carbons (Fsp3) is 0.533. The van der Waals surface area contributed by atoms with Crippen molar-refractivity contribution in [3.63, 3.8) is 0 Å². The summed E-state index contributed by atoms with van der Waals surface area (Å²) in [6, 6.07) is 10.2. The number of nitrogens with zero attached hydrogens (tertiary/aromatic N) is 3. The van der Waals surface area contributed by atoms with Gasteiger partial charge in [0.15, 0.2) is 5.17 Å². The first-order chi connectivity index (χ1) is 9.92. The zero-order chi connectivity index (χ0) is 13.6. The molecule has 1 aromatic rings. The molecule has 2 aliphatic rings. The molecule has 0 aliphatic carbocycles. The van der Waals surface area contributed by atoms with Crippen molar-refractivity contribution in [3.8, 4) is 0 Å². The van der Waals surface area contributed by atoms with Crippen LogP contribution < -0.4 is 0 Å². The normalized spacial score (nSPS) is 21.4. The average Bonchev–Trinajstić information content (AvgIpc) is 3.02. The molecule has 2 saturated heterocycles. The fourth-order valence-corrected chi connectivity index (χ4v) is 3.53. The van der Waals surface area contributed by atoms with Crippen LogP contribution in [0.2, 0.25) is 0 Å². The molecule has 0 atom stereocenters. The zero-order valence-corrected chi connectivity index (χ0v) is 12.5. The van der Waals surface area contributed by atoms with Gasteiger partial charge in [0.25, 0.3) is 0 Å². The molecule has 0 bridgehead atoms. The third-order valence-electron chi connectivity index (χ3n) is 3.54. The maximum atomic E-state index is 5.45. The minimum absolute atomic E-state index is 0.800. The Morgan fingerprint density at radius 3 is 2.40 bits per heavy atom. The lowest BCUT2D eigenvalue weighted by atomic mass is 10.3. The fourth-order valence-electron chi connectivity index (χ4n) is 2.41. The number of morpholine rings is 1. The summed E-state index contributed by atoms with van der Waals surface area (Å²) in [6.07, 6.45) is 2.60. The van der Waals surface area contributed by atoms with Gasteiger partial charge < -0.3 is 9.64 Å². The predicted molar refractivity (Wildman–Crippen MR) is 84.3 cm³/mol. The summed E-state index contributed by atoms with van der Waals surface area (Å²) in [5.74, 6) is 0. The molecule has 2 heterocycles. The minimum Gasteiger partial charge on any atom is -0.378 e. The van der Waals surface area contributed by atoms with Gasteiger partial charge in [0.1, 0.15) is 0 Å². The Morgan fingerprint density at radius 1 is 1.00 bits per heavy atom. The van der Waals surface area contributed by atoms with Crippen LogP contribution in [0.4, 0.5) is 5.69 Å². The van der Waals surface area contributed by atoms with E-state index in [-0.39, 0.29) is 0 Å². The van der Waals surface area contributed by atoms with Gasteiger partial charge in [-0.15, -0.1) is 0 Å². The van der Waals surface area contributed by atoms with Crippen LogP contribution in [0, 0.1) is 0 Å². The van der Waals surface area contributed by atoms with Crippen LogP contribution in [0.3, 0.4) is 0 Å². The first-order valence-electron chi connectivity index (χ1n) is 7.31. The largest absolute Gasteiger partial charge is 0.378 e. The number of aliphatic imine (C=N–C) groups is 1. The topological polar surface area (TPSA) is 28.1 Å². The molecule has 0 spiro atoms. The van der Waals surface area contributed by atoms with Gasteiger partial charge in [0.2, 0.25) is 0 Å². The summed E-state index contributed by atoms with van der Waals surface area (Å²) < 4.78 is 7.88. The molecule has 0 aromatic heterocycles. The zero-order valence-electron chi connectivity index (χ0n) is 11.7. The first-order valence-corrected chi connectivity index (χ1v) is 8.08. The number of benzene rings is 1. The molecular formula is C15H21N3OS. The van der Waals surface area contributed by atoms with Crippen molar-refractivity contribution in [2.75, 3.05) is 39.4 Å². The van der Waals surface area contributed by atoms with E-state index in [0.29, 0.717) is 0 Å². The molecule has 20 heavy (non-hydrogen) atoms. The molecule has 3 rings (SSSR count). The van der Waals surface area contributed by atoms with Gasteiger partial charge in [-0.25, -0.2) is 9.30 Å². The van der Waals surface area contributed by atoms with E-state index in [4.69, 9.17) is 9.73 Å². The van der Waals surface area contributed by atoms with Gasteiger partial charge in [-0.3, -0.25) is 0 Å². The van der Waals surface area contributed by atoms with Crippen molar-refractivity contribution in [3.05, 3.63) is 30.3 Å². The number of hydrogen-bond acceptors (Lipinski definition) is 4. The van der Waals surface area contributed by atoms with E-state index in [9.17, 15) is 0 Å². The van der Waals surface area contributed by atoms with Crippen LogP contribution in [0.15, 0.2) is 35.3 Å². The Balaban J connectivity index is 1.76. The highest BCUT2D eigenvalue weighted by molar-refractivity contribution is 8.11. The summed E-state index contributed by atoms with van der Waals surface area (Å²) in [5, 5.41) is 1.11. The monoisotopic (exact) mass is 291 g/mol. The third kappa shape index (κ3) is 3.75. The molecule has 0 radical (unpaired) electrons. The van der Waals surface area contributed by atoms with Gasteiger partial charge in [0, 0.05) is 26.2 Å². The van der Waals surface area contributed by atoms with E-state index < -0.39 is 0 Å². The Hall–Kier alpha value is -1.04. The number of ether oxygens (including phenoxy) is 1. The van der Waals surface area contributed by atoms with E-state index in [1.807, 2.05) is 30.1 Å². The Morgan fingerprint density at radius 2 is 1.70 bits per heavy atom. The van der Waals surface area contributed by atoms with Crippen molar-refractivity contribution in [1.82, 2.24) is 9.21 Å². The molecule has 5 heteroatoms. The van der Waals surface area contributed by atoms with Crippen molar-refractivity contribution in [1.29, 1.82) is 0 Å². The quantitative estimate of drug-likeness (QED) is 0.476. The van der Waals surface area contributed by atoms with E-state index in [1.165, 1.54) is 25.9 Å². The molecule has 2 aliphatic heterocycles. The summed E-state index contributed by atoms with van der Waals surface area (Å²) in [4.78, 5) is 7.20. The lowest BCUT2D eigenvalue weighted by molar-refractivity contribution is 0.0693. The second kappa shape index (κ2) is 7.11. The highest BCUT2D eigenvalue weighted by Gasteiger charge is 2.21. The van der Waals surface area contributed by atoms with Crippen LogP contribution in [0.25, 0.3) is 0 Å². The second-order valence-electron chi connectivity index (χ2n) is 5.06. The van der Waals surface area contributed by atoms with Crippen molar-refractivity contribution < 1.29 is 4.74 Å². The minimum atomic E-state index is 0.800. The van der Waals surface area contributed by atoms with E-state index >= 15 is 0 Å². The molecule has 0 saturated carbocycles. The number of rotatable bonds is 2. The molecule has 0 N–H and O–H groups in total. The third-order valence-corrected chi connectivity index (χ3v) is 4.67. The second-order valence-corrected chi connectivity index (χ2v) is 6.12. The Bertz CT molecular complexity index is 440. The lowest BCUT2D eigenvalue weighted by Crippen LogP contribution is -2.40. The summed E-state index contributed by atoms with van der Waals surface area (Å²) in [5.41, 5.74) is 1.03. The van der Waals surface area contributed by atoms with Gasteiger partial charge in [-0.05, 0) is 36.9 Å². The predicted octanol–water partition coefficient (Wildman–Crippen LogP) is 2.75. The molecular weight excluding hydrogens is 270 g/mol. The van der Waals surface area contributed by atoms with Crippen LogP contribution in [0.5, 0.6) is 0 Å². The summed E-state index contributed by atoms with van der Waals surface area (Å²) >= 11 is 1.81. The molecule has 4 nitrogen and oxygen atoms in total. The summed E-state index contributed by atoms with van der Waals surface area (Å²) in [7, 11) is 0.